The third-order valence-corrected chi connectivity index (χ3v) is 10.4. The van der Waals surface area contributed by atoms with E-state index in [-0.39, 0.29) is 5.41 Å². The van der Waals surface area contributed by atoms with E-state index in [4.69, 9.17) is 0 Å². The molecule has 0 N–H and O–H groups in total. The van der Waals surface area contributed by atoms with Crippen molar-refractivity contribution in [3.05, 3.63) is 11.1 Å². The molecule has 0 radical (unpaired) electrons. The van der Waals surface area contributed by atoms with Gasteiger partial charge in [-0.3, -0.25) is 4.79 Å². The molecule has 6 atom stereocenters. The summed E-state index contributed by atoms with van der Waals surface area (Å²) in [5, 5.41) is 10.2. The maximum atomic E-state index is 12.3. The maximum Gasteiger partial charge on any atom is 0.134 e. The van der Waals surface area contributed by atoms with Gasteiger partial charge in [0.1, 0.15) is 5.78 Å². The van der Waals surface area contributed by atoms with Gasteiger partial charge in [-0.2, -0.15) is 5.26 Å². The Morgan fingerprint density at radius 3 is 2.50 bits per heavy atom. The highest BCUT2D eigenvalue weighted by Crippen LogP contribution is 2.68. The van der Waals surface area contributed by atoms with Crippen LogP contribution >= 0.6 is 0 Å². The topological polar surface area (TPSA) is 40.9 Å². The van der Waals surface area contributed by atoms with Crippen molar-refractivity contribution in [2.24, 2.45) is 39.9 Å². The molecule has 3 saturated carbocycles. The van der Waals surface area contributed by atoms with Crippen LogP contribution in [0.3, 0.4) is 0 Å². The van der Waals surface area contributed by atoms with Crippen LogP contribution in [0.1, 0.15) is 112 Å². The Balaban J connectivity index is 1.60. The quantitative estimate of drug-likeness (QED) is 0.438. The number of fused-ring (bicyclic) bond motifs is 4. The van der Waals surface area contributed by atoms with Gasteiger partial charge in [0, 0.05) is 12.8 Å². The molecule has 4 rings (SSSR count). The lowest BCUT2D eigenvalue weighted by molar-refractivity contribution is -0.132. The van der Waals surface area contributed by atoms with Gasteiger partial charge in [0.15, 0.2) is 0 Å². The Kier molecular flexibility index (Phi) is 5.74. The highest BCUT2D eigenvalue weighted by molar-refractivity contribution is 5.81. The van der Waals surface area contributed by atoms with E-state index >= 15 is 0 Å². The van der Waals surface area contributed by atoms with Crippen LogP contribution < -0.4 is 0 Å². The minimum Gasteiger partial charge on any atom is -0.300 e. The van der Waals surface area contributed by atoms with E-state index in [1.54, 1.807) is 11.1 Å². The van der Waals surface area contributed by atoms with Crippen molar-refractivity contribution in [3.8, 4) is 6.07 Å². The van der Waals surface area contributed by atoms with E-state index in [0.717, 1.165) is 37.0 Å². The summed E-state index contributed by atoms with van der Waals surface area (Å²) in [5.41, 5.74) is 3.51. The average Bonchev–Trinajstić information content (AvgIpc) is 3.05. The van der Waals surface area contributed by atoms with E-state index in [1.807, 2.05) is 0 Å². The van der Waals surface area contributed by atoms with Crippen LogP contribution in [0.5, 0.6) is 0 Å². The maximum absolute atomic E-state index is 12.3. The summed E-state index contributed by atoms with van der Waals surface area (Å²) < 4.78 is 0. The molecule has 3 fully saturated rings. The second-order valence-electron chi connectivity index (χ2n) is 12.3. The van der Waals surface area contributed by atoms with E-state index in [2.05, 4.69) is 40.7 Å². The monoisotopic (exact) mass is 409 g/mol. The molecule has 0 bridgehead atoms. The Morgan fingerprint density at radius 1 is 1.03 bits per heavy atom. The number of hydrogen-bond acceptors (Lipinski definition) is 2. The molecule has 4 aliphatic carbocycles. The zero-order valence-electron chi connectivity index (χ0n) is 20.2. The average molecular weight is 410 g/mol. The number of nitriles is 1. The number of allylic oxidation sites excluding steroid dienone is 2. The van der Waals surface area contributed by atoms with Crippen molar-refractivity contribution in [2.45, 2.75) is 112 Å². The molecule has 30 heavy (non-hydrogen) atoms. The van der Waals surface area contributed by atoms with Crippen LogP contribution in [0.25, 0.3) is 0 Å². The summed E-state index contributed by atoms with van der Waals surface area (Å²) in [6.45, 7) is 12.2. The zero-order chi connectivity index (χ0) is 21.7. The number of ketones is 1. The molecule has 0 spiro atoms. The predicted octanol–water partition coefficient (Wildman–Crippen LogP) is 7.63. The van der Waals surface area contributed by atoms with Crippen molar-refractivity contribution in [2.75, 3.05) is 0 Å². The second-order valence-corrected chi connectivity index (χ2v) is 12.3. The SMILES string of the molecule is CC(C)CCC[C@@H](C)[C@H]1CCC2=C3CC[C@@]4(C#N)CC(=O)CC[C@]4(C)[C@H]3CC[C@@]21C. The lowest BCUT2D eigenvalue weighted by atomic mass is 9.43. The smallest absolute Gasteiger partial charge is 0.134 e. The highest BCUT2D eigenvalue weighted by atomic mass is 16.1. The minimum absolute atomic E-state index is 0.00145. The number of carbonyl (C=O) groups is 1. The van der Waals surface area contributed by atoms with Crippen LogP contribution in [0.4, 0.5) is 0 Å². The molecular formula is C28H43NO. The molecule has 0 unspecified atom stereocenters. The Morgan fingerprint density at radius 2 is 1.80 bits per heavy atom. The van der Waals surface area contributed by atoms with Gasteiger partial charge in [-0.15, -0.1) is 0 Å². The van der Waals surface area contributed by atoms with Crippen molar-refractivity contribution >= 4 is 5.78 Å². The summed E-state index contributed by atoms with van der Waals surface area (Å²) in [5.74, 6) is 3.32. The first kappa shape index (κ1) is 22.1. The first-order valence-corrected chi connectivity index (χ1v) is 12.8. The van der Waals surface area contributed by atoms with Crippen molar-refractivity contribution < 1.29 is 4.79 Å². The van der Waals surface area contributed by atoms with Crippen LogP contribution in [-0.4, -0.2) is 5.78 Å². The number of Topliss-reactive ketones (excluding diaryl/α,β-unsaturated/α-hetero) is 1. The van der Waals surface area contributed by atoms with E-state index in [1.165, 1.54) is 44.9 Å². The van der Waals surface area contributed by atoms with Gasteiger partial charge in [-0.1, -0.05) is 65.0 Å². The third kappa shape index (κ3) is 3.22. The largest absolute Gasteiger partial charge is 0.300 e. The minimum atomic E-state index is -0.410. The van der Waals surface area contributed by atoms with Gasteiger partial charge in [0.25, 0.3) is 0 Å². The lowest BCUT2D eigenvalue weighted by Crippen LogP contribution is -2.54. The molecule has 0 aromatic carbocycles. The summed E-state index contributed by atoms with van der Waals surface area (Å²) in [7, 11) is 0. The molecule has 0 aliphatic heterocycles. The fourth-order valence-electron chi connectivity index (χ4n) is 8.53. The molecule has 0 aromatic heterocycles. The van der Waals surface area contributed by atoms with Crippen LogP contribution in [-0.2, 0) is 4.79 Å². The fraction of sp³-hybridized carbons (Fsp3) is 0.857. The molecule has 166 valence electrons. The Hall–Kier alpha value is -1.10. The van der Waals surface area contributed by atoms with Crippen molar-refractivity contribution in [1.82, 2.24) is 0 Å². The third-order valence-electron chi connectivity index (χ3n) is 10.4. The summed E-state index contributed by atoms with van der Waals surface area (Å²) in [6, 6.07) is 2.71. The van der Waals surface area contributed by atoms with Crippen LogP contribution in [0, 0.1) is 51.2 Å². The van der Waals surface area contributed by atoms with Crippen molar-refractivity contribution in [3.63, 3.8) is 0 Å². The Labute approximate surface area is 184 Å². The molecule has 0 heterocycles. The molecule has 4 aliphatic rings. The number of carbonyl (C=O) groups excluding carboxylic acids is 1. The molecular weight excluding hydrogens is 366 g/mol. The summed E-state index contributed by atoms with van der Waals surface area (Å²) >= 11 is 0. The second kappa shape index (κ2) is 7.79. The van der Waals surface area contributed by atoms with Crippen LogP contribution in [0.15, 0.2) is 11.1 Å². The molecule has 2 nitrogen and oxygen atoms in total. The molecule has 0 saturated heterocycles. The van der Waals surface area contributed by atoms with Crippen LogP contribution in [0.2, 0.25) is 0 Å². The first-order chi connectivity index (χ1) is 14.2. The van der Waals surface area contributed by atoms with Gasteiger partial charge >= 0.3 is 0 Å². The normalized spacial score (nSPS) is 41.8. The predicted molar refractivity (Wildman–Crippen MR) is 123 cm³/mol. The van der Waals surface area contributed by atoms with E-state index < -0.39 is 5.41 Å². The molecule has 2 heteroatoms. The number of rotatable bonds is 5. The first-order valence-electron chi connectivity index (χ1n) is 12.8. The lowest BCUT2D eigenvalue weighted by Gasteiger charge is -2.59. The van der Waals surface area contributed by atoms with Gasteiger partial charge in [-0.25, -0.2) is 0 Å². The van der Waals surface area contributed by atoms with E-state index in [0.29, 0.717) is 30.0 Å². The summed E-state index contributed by atoms with van der Waals surface area (Å²) in [6.07, 6.45) is 13.4. The van der Waals surface area contributed by atoms with Gasteiger partial charge in [0.2, 0.25) is 0 Å². The van der Waals surface area contributed by atoms with E-state index in [9.17, 15) is 10.1 Å². The van der Waals surface area contributed by atoms with Gasteiger partial charge in [0.05, 0.1) is 11.5 Å². The Bertz CT molecular complexity index is 772. The number of nitrogens with zero attached hydrogens (tertiary/aromatic N) is 1. The molecule has 0 aromatic rings. The zero-order valence-corrected chi connectivity index (χ0v) is 20.2. The van der Waals surface area contributed by atoms with Gasteiger partial charge in [-0.05, 0) is 79.4 Å². The number of hydrogen-bond donors (Lipinski definition) is 0. The van der Waals surface area contributed by atoms with Gasteiger partial charge < -0.3 is 0 Å². The molecule has 0 amide bonds. The standard InChI is InChI=1S/C28H43NO/c1-19(2)7-6-8-20(3)23-9-10-24-22-12-16-28(18-29)17-21(30)11-15-27(28,5)25(22)13-14-26(23,24)4/h19-20,23,25H,6-17H2,1-5H3/t20-,23-,25+,26-,27-,28+/m1/s1. The summed E-state index contributed by atoms with van der Waals surface area (Å²) in [4.78, 5) is 12.3. The fourth-order valence-corrected chi connectivity index (χ4v) is 8.53. The van der Waals surface area contributed by atoms with Crippen molar-refractivity contribution in [1.29, 1.82) is 5.26 Å². The highest BCUT2D eigenvalue weighted by Gasteiger charge is 2.61.